The summed E-state index contributed by atoms with van der Waals surface area (Å²) >= 11 is 0. The van der Waals surface area contributed by atoms with Gasteiger partial charge in [-0.1, -0.05) is 33.4 Å². The number of ether oxygens (including phenoxy) is 4. The fourth-order valence-electron chi connectivity index (χ4n) is 3.75. The molecule has 0 aliphatic rings. The minimum Gasteiger partial charge on any atom is -0.481 e. The highest BCUT2D eigenvalue weighted by molar-refractivity contribution is 8.77. The van der Waals surface area contributed by atoms with Gasteiger partial charge in [0, 0.05) is 9.49 Å². The molecule has 0 amide bonds. The van der Waals surface area contributed by atoms with Gasteiger partial charge in [0.2, 0.25) is 20.0 Å². The fourth-order valence-corrected chi connectivity index (χ4v) is 9.36. The molecule has 0 aliphatic heterocycles. The Kier molecular flexibility index (Phi) is 15.2. The van der Waals surface area contributed by atoms with E-state index in [4.69, 9.17) is 18.9 Å². The third kappa shape index (κ3) is 11.6. The molecule has 0 saturated heterocycles. The van der Waals surface area contributed by atoms with Gasteiger partial charge in [0.05, 0.1) is 24.0 Å². The molecule has 2 rings (SSSR count). The number of hydrogen-bond donors (Lipinski definition) is 2. The standard InChI is InChI=1S/C32H40N2O10S4/c1-9-11-21-43-23-13-17-25(18-14-23)47(37,38)33-27(29(35)41-7)31(3,4)45-46-32(5,6)28(30(36)42-8)34-48(39,40)26-19-15-24(16-20-26)44-22-12-10-2/h13-20,27-28,33-34H,21-22H2,1-8H3/t27-,28-/m0/s1. The molecule has 262 valence electrons. The first-order chi connectivity index (χ1) is 22.4. The molecule has 0 fully saturated rings. The van der Waals surface area contributed by atoms with Gasteiger partial charge in [-0.2, -0.15) is 9.44 Å². The zero-order chi connectivity index (χ0) is 36.2. The summed E-state index contributed by atoms with van der Waals surface area (Å²) in [5, 5.41) is 0. The van der Waals surface area contributed by atoms with Gasteiger partial charge in [-0.05, 0) is 90.1 Å². The number of methoxy groups -OCH3 is 2. The van der Waals surface area contributed by atoms with Crippen molar-refractivity contribution in [2.24, 2.45) is 0 Å². The zero-order valence-electron chi connectivity index (χ0n) is 27.9. The lowest BCUT2D eigenvalue weighted by atomic mass is 10.0. The average molecular weight is 741 g/mol. The van der Waals surface area contributed by atoms with Gasteiger partial charge in [0.15, 0.2) is 0 Å². The Bertz CT molecular complexity index is 1620. The van der Waals surface area contributed by atoms with E-state index in [9.17, 15) is 26.4 Å². The highest BCUT2D eigenvalue weighted by Gasteiger charge is 2.45. The van der Waals surface area contributed by atoms with Crippen molar-refractivity contribution in [3.05, 3.63) is 48.5 Å². The lowest BCUT2D eigenvalue weighted by Crippen LogP contribution is -2.54. The normalized spacial score (nSPS) is 13.1. The van der Waals surface area contributed by atoms with E-state index in [1.165, 1.54) is 48.5 Å². The summed E-state index contributed by atoms with van der Waals surface area (Å²) in [5.41, 5.74) is 0. The number of carbonyl (C=O) groups excluding carboxylic acids is 2. The molecule has 12 nitrogen and oxygen atoms in total. The SMILES string of the molecule is CC#CCOc1ccc(S(=O)(=O)N[C@@H](C(=O)OC)C(C)(C)SSC(C)(C)[C@@H](NS(=O)(=O)c2ccc(OCC#CC)cc2)C(=O)OC)cc1. The highest BCUT2D eigenvalue weighted by Crippen LogP contribution is 2.47. The Morgan fingerprint density at radius 1 is 0.667 bits per heavy atom. The van der Waals surface area contributed by atoms with Gasteiger partial charge in [-0.15, -0.1) is 11.8 Å². The van der Waals surface area contributed by atoms with Crippen molar-refractivity contribution in [1.82, 2.24) is 9.44 Å². The number of nitrogens with one attached hydrogen (secondary N) is 2. The van der Waals surface area contributed by atoms with E-state index in [1.54, 1.807) is 41.5 Å². The minimum absolute atomic E-state index is 0.117. The second kappa shape index (κ2) is 17.9. The number of rotatable bonds is 17. The van der Waals surface area contributed by atoms with Crippen molar-refractivity contribution < 1.29 is 45.4 Å². The van der Waals surface area contributed by atoms with Gasteiger partial charge in [0.25, 0.3) is 0 Å². The third-order valence-electron chi connectivity index (χ3n) is 6.53. The van der Waals surface area contributed by atoms with Crippen LogP contribution >= 0.6 is 21.6 Å². The fraction of sp³-hybridized carbons (Fsp3) is 0.438. The van der Waals surface area contributed by atoms with Crippen molar-refractivity contribution >= 4 is 53.6 Å². The molecule has 2 atom stereocenters. The van der Waals surface area contributed by atoms with Crippen molar-refractivity contribution in [1.29, 1.82) is 0 Å². The van der Waals surface area contributed by atoms with Crippen LogP contribution in [0.25, 0.3) is 0 Å². The summed E-state index contributed by atoms with van der Waals surface area (Å²) in [6.45, 7) is 10.1. The number of hydrogen-bond acceptors (Lipinski definition) is 12. The van der Waals surface area contributed by atoms with Crippen LogP contribution in [0, 0.1) is 23.7 Å². The van der Waals surface area contributed by atoms with E-state index < -0.39 is 53.6 Å². The summed E-state index contributed by atoms with van der Waals surface area (Å²) in [7, 11) is -4.07. The first kappa shape index (κ1) is 40.8. The van der Waals surface area contributed by atoms with Crippen molar-refractivity contribution in [3.8, 4) is 35.2 Å². The van der Waals surface area contributed by atoms with E-state index in [2.05, 4.69) is 33.1 Å². The van der Waals surface area contributed by atoms with Crippen LogP contribution in [-0.4, -0.2) is 77.8 Å². The molecule has 0 radical (unpaired) electrons. The van der Waals surface area contributed by atoms with E-state index in [0.29, 0.717) is 11.5 Å². The van der Waals surface area contributed by atoms with Gasteiger partial charge in [-0.3, -0.25) is 9.59 Å². The number of benzene rings is 2. The molecule has 0 unspecified atom stereocenters. The largest absolute Gasteiger partial charge is 0.481 e. The molecule has 2 aromatic rings. The Labute approximate surface area is 291 Å². The van der Waals surface area contributed by atoms with E-state index >= 15 is 0 Å². The molecule has 0 aliphatic carbocycles. The molecule has 16 heteroatoms. The molecule has 0 bridgehead atoms. The Hall–Kier alpha value is -3.38. The zero-order valence-corrected chi connectivity index (χ0v) is 31.2. The van der Waals surface area contributed by atoms with Crippen LogP contribution in [-0.2, 0) is 39.1 Å². The minimum atomic E-state index is -4.23. The Balaban J connectivity index is 2.28. The second-order valence-electron chi connectivity index (χ2n) is 10.9. The van der Waals surface area contributed by atoms with Crippen molar-refractivity contribution in [2.75, 3.05) is 27.4 Å². The van der Waals surface area contributed by atoms with Crippen LogP contribution in [0.15, 0.2) is 58.3 Å². The van der Waals surface area contributed by atoms with Crippen molar-refractivity contribution in [3.63, 3.8) is 0 Å². The Morgan fingerprint density at radius 3 is 1.25 bits per heavy atom. The van der Waals surface area contributed by atoms with Crippen LogP contribution in [0.2, 0.25) is 0 Å². The maximum atomic E-state index is 13.3. The predicted molar refractivity (Wildman–Crippen MR) is 186 cm³/mol. The Morgan fingerprint density at radius 2 is 0.979 bits per heavy atom. The van der Waals surface area contributed by atoms with Gasteiger partial charge < -0.3 is 18.9 Å². The van der Waals surface area contributed by atoms with Crippen LogP contribution in [0.1, 0.15) is 41.5 Å². The number of esters is 2. The molecule has 2 N–H and O–H groups in total. The van der Waals surface area contributed by atoms with Crippen LogP contribution < -0.4 is 18.9 Å². The maximum Gasteiger partial charge on any atom is 0.325 e. The van der Waals surface area contributed by atoms with Crippen LogP contribution in [0.5, 0.6) is 11.5 Å². The summed E-state index contributed by atoms with van der Waals surface area (Å²) in [4.78, 5) is 25.6. The quantitative estimate of drug-likeness (QED) is 0.137. The average Bonchev–Trinajstić information content (AvgIpc) is 3.05. The predicted octanol–water partition coefficient (Wildman–Crippen LogP) is 3.77. The van der Waals surface area contributed by atoms with E-state index in [-0.39, 0.29) is 23.0 Å². The van der Waals surface area contributed by atoms with Gasteiger partial charge in [-0.25, -0.2) is 16.8 Å². The summed E-state index contributed by atoms with van der Waals surface area (Å²) in [6.07, 6.45) is 0. The molecule has 0 saturated carbocycles. The van der Waals surface area contributed by atoms with Crippen LogP contribution in [0.3, 0.4) is 0 Å². The molecular formula is C32H40N2O10S4. The van der Waals surface area contributed by atoms with Crippen LogP contribution in [0.4, 0.5) is 0 Å². The molecule has 2 aromatic carbocycles. The summed E-state index contributed by atoms with van der Waals surface area (Å²) < 4.78 is 76.6. The number of carbonyl (C=O) groups is 2. The monoisotopic (exact) mass is 740 g/mol. The second-order valence-corrected chi connectivity index (χ2v) is 17.8. The smallest absolute Gasteiger partial charge is 0.325 e. The summed E-state index contributed by atoms with van der Waals surface area (Å²) in [5.74, 6) is 9.99. The molecule has 0 spiro atoms. The van der Waals surface area contributed by atoms with Gasteiger partial charge in [0.1, 0.15) is 36.8 Å². The molecule has 48 heavy (non-hydrogen) atoms. The molecular weight excluding hydrogens is 701 g/mol. The van der Waals surface area contributed by atoms with E-state index in [0.717, 1.165) is 35.8 Å². The van der Waals surface area contributed by atoms with Crippen molar-refractivity contribution in [2.45, 2.75) is 72.9 Å². The molecule has 0 aromatic heterocycles. The first-order valence-corrected chi connectivity index (χ1v) is 19.4. The molecule has 0 heterocycles. The first-order valence-electron chi connectivity index (χ1n) is 14.3. The number of sulfonamides is 2. The topological polar surface area (TPSA) is 163 Å². The highest BCUT2D eigenvalue weighted by atomic mass is 33.1. The lowest BCUT2D eigenvalue weighted by molar-refractivity contribution is -0.144. The third-order valence-corrected chi connectivity index (χ3v) is 13.6. The lowest BCUT2D eigenvalue weighted by Gasteiger charge is -2.37. The maximum absolute atomic E-state index is 13.3. The summed E-state index contributed by atoms with van der Waals surface area (Å²) in [6, 6.07) is 8.41. The van der Waals surface area contributed by atoms with E-state index in [1.807, 2.05) is 0 Å². The van der Waals surface area contributed by atoms with Gasteiger partial charge >= 0.3 is 11.9 Å².